The van der Waals surface area contributed by atoms with E-state index in [2.05, 4.69) is 29.9 Å². The number of phosphoric acid groups is 2. The largest absolute Gasteiger partial charge is 0.472 e. The van der Waals surface area contributed by atoms with E-state index in [0.29, 0.717) is 0 Å². The summed E-state index contributed by atoms with van der Waals surface area (Å²) < 4.78 is 62.5. The molecule has 0 spiro atoms. The third-order valence-corrected chi connectivity index (χ3v) is 9.39. The number of phosphoric ester groups is 2. The lowest BCUT2D eigenvalue weighted by Gasteiger charge is -2.28. The topological polar surface area (TPSA) is 321 Å². The Morgan fingerprint density at radius 2 is 1.11 bits per heavy atom. The quantitative estimate of drug-likeness (QED) is 0.131. The summed E-state index contributed by atoms with van der Waals surface area (Å²) in [5.74, 6) is 0.203. The van der Waals surface area contributed by atoms with Crippen molar-refractivity contribution in [2.24, 2.45) is 11.5 Å². The van der Waals surface area contributed by atoms with Gasteiger partial charge >= 0.3 is 15.6 Å². The highest BCUT2D eigenvalue weighted by Crippen LogP contribution is 2.53. The van der Waals surface area contributed by atoms with E-state index in [4.69, 9.17) is 50.5 Å². The average Bonchev–Trinajstić information content (AvgIpc) is 3.73. The zero-order chi connectivity index (χ0) is 31.0. The van der Waals surface area contributed by atoms with Crippen LogP contribution in [0.5, 0.6) is 0 Å². The number of nitrogens with zero attached hydrogens (tertiary/aromatic N) is 8. The molecule has 0 radical (unpaired) electrons. The van der Waals surface area contributed by atoms with Crippen molar-refractivity contribution in [2.45, 2.75) is 49.0 Å². The molecule has 236 valence electrons. The number of fused-ring (bicyclic) bond motifs is 4. The van der Waals surface area contributed by atoms with Crippen molar-refractivity contribution in [1.82, 2.24) is 39.0 Å². The van der Waals surface area contributed by atoms with E-state index < -0.39 is 77.8 Å². The van der Waals surface area contributed by atoms with Crippen LogP contribution in [0.1, 0.15) is 12.5 Å². The van der Waals surface area contributed by atoms with Crippen molar-refractivity contribution < 1.29 is 46.5 Å². The first kappa shape index (κ1) is 29.5. The number of imidazole rings is 2. The maximum Gasteiger partial charge on any atom is 0.472 e. The zero-order valence-electron chi connectivity index (χ0n) is 22.3. The lowest BCUT2D eigenvalue weighted by molar-refractivity contribution is -0.0661. The highest BCUT2D eigenvalue weighted by Gasteiger charge is 2.53. The molecule has 3 fully saturated rings. The lowest BCUT2D eigenvalue weighted by Crippen LogP contribution is -2.43. The number of aromatic nitrogens is 8. The second-order valence-corrected chi connectivity index (χ2v) is 12.9. The maximum absolute atomic E-state index is 13.2. The predicted molar refractivity (Wildman–Crippen MR) is 145 cm³/mol. The minimum atomic E-state index is -4.88. The van der Waals surface area contributed by atoms with Crippen LogP contribution in [0.2, 0.25) is 0 Å². The van der Waals surface area contributed by atoms with Crippen molar-refractivity contribution in [3.05, 3.63) is 25.3 Å². The molecule has 7 heterocycles. The van der Waals surface area contributed by atoms with Crippen LogP contribution in [0.4, 0.5) is 11.6 Å². The number of hydrogen-bond acceptors (Lipinski definition) is 18. The molecule has 24 heteroatoms. The van der Waals surface area contributed by atoms with Crippen molar-refractivity contribution in [3.63, 3.8) is 0 Å². The molecule has 22 nitrogen and oxygen atoms in total. The van der Waals surface area contributed by atoms with Gasteiger partial charge in [0.15, 0.2) is 35.4 Å². The van der Waals surface area contributed by atoms with Crippen molar-refractivity contribution >= 4 is 49.6 Å². The van der Waals surface area contributed by atoms with Crippen LogP contribution in [0.25, 0.3) is 22.3 Å². The van der Waals surface area contributed by atoms with E-state index in [1.54, 1.807) is 0 Å². The first-order chi connectivity index (χ1) is 20.9. The summed E-state index contributed by atoms with van der Waals surface area (Å²) in [5, 5.41) is 0. The van der Waals surface area contributed by atoms with Gasteiger partial charge in [-0.25, -0.2) is 39.0 Å². The van der Waals surface area contributed by atoms with Crippen LogP contribution >= 0.6 is 15.6 Å². The monoisotopic (exact) mass is 656 g/mol. The molecule has 0 amide bonds. The Labute approximate surface area is 245 Å². The minimum absolute atomic E-state index is 0.102. The summed E-state index contributed by atoms with van der Waals surface area (Å²) in [7, 11) is -9.76. The zero-order valence-corrected chi connectivity index (χ0v) is 24.1. The van der Waals surface area contributed by atoms with Crippen LogP contribution in [0, 0.1) is 0 Å². The molecule has 10 N–H and O–H groups in total. The number of ether oxygens (including phenoxy) is 2. The molecule has 10 atom stereocenters. The Hall–Kier alpha value is -3.24. The van der Waals surface area contributed by atoms with Gasteiger partial charge in [-0.1, -0.05) is 0 Å². The number of rotatable bonds is 2. The van der Waals surface area contributed by atoms with Crippen LogP contribution in [-0.4, -0.2) is 98.5 Å². The van der Waals surface area contributed by atoms with Crippen molar-refractivity contribution in [3.8, 4) is 0 Å². The van der Waals surface area contributed by atoms with Gasteiger partial charge in [-0.15, -0.1) is 0 Å². The van der Waals surface area contributed by atoms with Gasteiger partial charge in [-0.3, -0.25) is 27.2 Å². The molecule has 0 aromatic carbocycles. The number of nitrogen functional groups attached to an aromatic ring is 2. The first-order valence-corrected chi connectivity index (χ1v) is 15.9. The third kappa shape index (κ3) is 5.04. The normalized spacial score (nSPS) is 38.3. The number of hydrogen-bond donors (Lipinski definition) is 6. The summed E-state index contributed by atoms with van der Waals surface area (Å²) in [6.07, 6.45) is -2.38. The van der Waals surface area contributed by atoms with Gasteiger partial charge in [0.2, 0.25) is 0 Å². The van der Waals surface area contributed by atoms with Gasteiger partial charge in [0.25, 0.3) is 0 Å². The summed E-state index contributed by atoms with van der Waals surface area (Å²) in [6.45, 7) is -1.32. The SMILES string of the molecule is Nc1ncnc2c1ncn2[C@@H]1O[C@@H]2COP(=O)(O)O[C@@H]3C(N)[C@H](n4cnc5c(N)ncnc54)O[C@@H]3COP(=O)(O)O[C@@H]2C1N. The summed E-state index contributed by atoms with van der Waals surface area (Å²) >= 11 is 0. The number of anilines is 2. The minimum Gasteiger partial charge on any atom is -0.382 e. The molecular weight excluding hydrogens is 630 g/mol. The van der Waals surface area contributed by atoms with Gasteiger partial charge in [0, 0.05) is 0 Å². The lowest BCUT2D eigenvalue weighted by atomic mass is 10.1. The first-order valence-electron chi connectivity index (χ1n) is 12.9. The fourth-order valence-corrected chi connectivity index (χ4v) is 7.34. The van der Waals surface area contributed by atoms with Gasteiger partial charge in [-0.05, 0) is 0 Å². The molecule has 0 bridgehead atoms. The molecule has 0 aliphatic carbocycles. The standard InChI is InChI=1S/C20H26N12O10P2/c21-9-13-7(39-19(9)31-5-29-11-15(23)25-3-27-17(11)31)1-37-43(33,34)42-14-8(2-38-44(35,36)41-13)40-20(10(14)22)32-6-30-12-16(24)26-4-28-18(12)32/h3-10,13-14,19-20H,1-2,21-22H2,(H,33,34)(H,35,36)(H2,23,25,27)(H2,24,26,28)/t7-,8-,9?,10?,13+,14+,19-,20-/m1/s1. The number of nitrogens with two attached hydrogens (primary N) is 4. The summed E-state index contributed by atoms with van der Waals surface area (Å²) in [4.78, 5) is 45.8. The Morgan fingerprint density at radius 3 is 1.52 bits per heavy atom. The van der Waals surface area contributed by atoms with Crippen molar-refractivity contribution in [1.29, 1.82) is 0 Å². The van der Waals surface area contributed by atoms with Gasteiger partial charge < -0.3 is 42.2 Å². The molecule has 3 aliphatic rings. The van der Waals surface area contributed by atoms with Crippen LogP contribution in [-0.2, 0) is 36.7 Å². The Balaban J connectivity index is 1.17. The van der Waals surface area contributed by atoms with Gasteiger partial charge in [-0.2, -0.15) is 0 Å². The maximum atomic E-state index is 13.2. The second kappa shape index (κ2) is 10.7. The molecule has 4 aromatic heterocycles. The van der Waals surface area contributed by atoms with Gasteiger partial charge in [0.05, 0.1) is 38.0 Å². The molecule has 44 heavy (non-hydrogen) atoms. The van der Waals surface area contributed by atoms with Crippen LogP contribution < -0.4 is 22.9 Å². The average molecular weight is 656 g/mol. The molecular formula is C20H26N12O10P2. The smallest absolute Gasteiger partial charge is 0.382 e. The summed E-state index contributed by atoms with van der Waals surface area (Å²) in [5.41, 5.74) is 25.6. The van der Waals surface area contributed by atoms with E-state index in [1.807, 2.05) is 0 Å². The van der Waals surface area contributed by atoms with Gasteiger partial charge in [0.1, 0.15) is 48.1 Å². The Bertz CT molecular complexity index is 1690. The van der Waals surface area contributed by atoms with Crippen LogP contribution in [0.15, 0.2) is 25.3 Å². The van der Waals surface area contributed by atoms with E-state index in [1.165, 1.54) is 34.4 Å². The molecule has 4 aromatic rings. The highest BCUT2D eigenvalue weighted by atomic mass is 31.2. The molecule has 0 saturated carbocycles. The fraction of sp³-hybridized carbons (Fsp3) is 0.500. The van der Waals surface area contributed by atoms with E-state index in [-0.39, 0.29) is 34.0 Å². The van der Waals surface area contributed by atoms with E-state index in [9.17, 15) is 18.9 Å². The second-order valence-electron chi connectivity index (χ2n) is 10.1. The molecule has 3 saturated heterocycles. The molecule has 4 unspecified atom stereocenters. The van der Waals surface area contributed by atoms with Crippen LogP contribution in [0.3, 0.4) is 0 Å². The molecule has 7 rings (SSSR count). The molecule has 3 aliphatic heterocycles. The van der Waals surface area contributed by atoms with E-state index in [0.717, 1.165) is 0 Å². The predicted octanol–water partition coefficient (Wildman–Crippen LogP) is -1.70. The van der Waals surface area contributed by atoms with Crippen molar-refractivity contribution in [2.75, 3.05) is 24.7 Å². The van der Waals surface area contributed by atoms with E-state index >= 15 is 0 Å². The highest BCUT2D eigenvalue weighted by molar-refractivity contribution is 7.47. The fourth-order valence-electron chi connectivity index (χ4n) is 5.38. The Morgan fingerprint density at radius 1 is 0.705 bits per heavy atom. The third-order valence-electron chi connectivity index (χ3n) is 7.41. The Kier molecular flexibility index (Phi) is 7.16. The summed E-state index contributed by atoms with van der Waals surface area (Å²) in [6, 6.07) is -2.30.